The normalized spacial score (nSPS) is 31.6. The maximum Gasteiger partial charge on any atom is 0.157 e. The van der Waals surface area contributed by atoms with Crippen molar-refractivity contribution in [1.29, 1.82) is 0 Å². The Bertz CT molecular complexity index is 492. The van der Waals surface area contributed by atoms with Crippen LogP contribution in [0.25, 0.3) is 0 Å². The van der Waals surface area contributed by atoms with Crippen LogP contribution in [0.15, 0.2) is 30.3 Å². The van der Waals surface area contributed by atoms with E-state index in [0.29, 0.717) is 30.0 Å². The first-order valence-electron chi connectivity index (χ1n) is 9.65. The van der Waals surface area contributed by atoms with Gasteiger partial charge in [-0.05, 0) is 67.7 Å². The van der Waals surface area contributed by atoms with Crippen LogP contribution >= 0.6 is 0 Å². The van der Waals surface area contributed by atoms with Gasteiger partial charge >= 0.3 is 0 Å². The summed E-state index contributed by atoms with van der Waals surface area (Å²) in [5.74, 6) is 1.27. The monoisotopic (exact) mass is 364 g/mol. The van der Waals surface area contributed by atoms with E-state index in [-0.39, 0.29) is 0 Å². The van der Waals surface area contributed by atoms with Crippen LogP contribution in [0, 0.1) is 0 Å². The average Bonchev–Trinajstić information content (AvgIpc) is 2.66. The fourth-order valence-electron chi connectivity index (χ4n) is 4.12. The standard InChI is InChI=1S/C20H32N2O2S/c1-25(23)15-22-19-8-5-13-21-20(19)14-24-18-11-9-17(10-12-18)16-6-3-2-4-7-16/h2-4,6-7,17-22H,5,8-15H2,1H3/t17-,18+,19-,20-,25?/m0/s1. The third kappa shape index (κ3) is 5.97. The van der Waals surface area contributed by atoms with E-state index < -0.39 is 11.2 Å². The molecule has 3 rings (SSSR count). The van der Waals surface area contributed by atoms with Crippen LogP contribution in [-0.2, 0) is 15.9 Å². The van der Waals surface area contributed by atoms with E-state index in [2.05, 4.69) is 41.0 Å². The van der Waals surface area contributed by atoms with Crippen molar-refractivity contribution in [2.75, 3.05) is 25.3 Å². The van der Waals surface area contributed by atoms with Gasteiger partial charge in [0.2, 0.25) is 0 Å². The number of hydrogen-bond acceptors (Lipinski definition) is 4. The predicted molar refractivity (Wildman–Crippen MR) is 104 cm³/mol. The molecule has 1 unspecified atom stereocenters. The van der Waals surface area contributed by atoms with Crippen LogP contribution in [-0.4, -0.2) is 48.0 Å². The fraction of sp³-hybridized carbons (Fsp3) is 0.700. The zero-order valence-electron chi connectivity index (χ0n) is 15.3. The minimum absolute atomic E-state index is 0.337. The number of piperidine rings is 1. The van der Waals surface area contributed by atoms with Gasteiger partial charge in [-0.2, -0.15) is 0 Å². The van der Waals surface area contributed by atoms with Gasteiger partial charge in [0.1, 0.15) is 0 Å². The highest BCUT2D eigenvalue weighted by molar-refractivity contribution is 7.90. The second kappa shape index (κ2) is 9.93. The number of hydrogen-bond donors (Lipinski definition) is 2. The van der Waals surface area contributed by atoms with Gasteiger partial charge in [0, 0.05) is 12.1 Å². The molecule has 1 aliphatic heterocycles. The molecular formula is C20H32N2O2S. The maximum absolute atomic E-state index is 11.3. The molecule has 0 radical (unpaired) electrons. The first-order valence-corrected chi connectivity index (χ1v) is 11.4. The van der Waals surface area contributed by atoms with Gasteiger partial charge in [-0.15, -0.1) is 0 Å². The van der Waals surface area contributed by atoms with Crippen LogP contribution < -0.4 is 10.6 Å². The van der Waals surface area contributed by atoms with E-state index in [1.54, 1.807) is 6.26 Å². The van der Waals surface area contributed by atoms with E-state index in [9.17, 15) is 4.55 Å². The van der Waals surface area contributed by atoms with Crippen LogP contribution in [0.2, 0.25) is 0 Å². The molecule has 0 aromatic heterocycles. The number of nitrogens with one attached hydrogen (secondary N) is 2. The Morgan fingerprint density at radius 2 is 1.92 bits per heavy atom. The van der Waals surface area contributed by atoms with E-state index in [1.807, 2.05) is 0 Å². The van der Waals surface area contributed by atoms with Gasteiger partial charge in [-0.1, -0.05) is 30.3 Å². The van der Waals surface area contributed by atoms with Crippen molar-refractivity contribution in [2.45, 2.75) is 62.6 Å². The second-order valence-electron chi connectivity index (χ2n) is 7.45. The Morgan fingerprint density at radius 3 is 2.64 bits per heavy atom. The molecule has 1 heterocycles. The first kappa shape index (κ1) is 19.2. The van der Waals surface area contributed by atoms with Gasteiger partial charge in [-0.3, -0.25) is 5.32 Å². The molecule has 2 N–H and O–H groups in total. The highest BCUT2D eigenvalue weighted by Crippen LogP contribution is 2.34. The SMILES string of the molecule is C[S+]([O-])CN[C@H]1CCCN[C@H]1CO[C@H]1CC[C@@H](c2ccccc2)CC1. The topological polar surface area (TPSA) is 56.3 Å². The predicted octanol–water partition coefficient (Wildman–Crippen LogP) is 2.78. The van der Waals surface area contributed by atoms with Crippen molar-refractivity contribution in [3.05, 3.63) is 35.9 Å². The zero-order valence-corrected chi connectivity index (χ0v) is 16.1. The Labute approximate surface area is 155 Å². The molecule has 5 heteroatoms. The molecule has 1 aromatic rings. The third-order valence-electron chi connectivity index (χ3n) is 5.59. The molecule has 1 saturated heterocycles. The number of rotatable bonds is 7. The Morgan fingerprint density at radius 1 is 1.16 bits per heavy atom. The summed E-state index contributed by atoms with van der Waals surface area (Å²) >= 11 is -0.792. The zero-order chi connectivity index (χ0) is 17.5. The molecule has 1 aliphatic carbocycles. The lowest BCUT2D eigenvalue weighted by Crippen LogP contribution is -2.55. The van der Waals surface area contributed by atoms with Gasteiger partial charge < -0.3 is 14.6 Å². The van der Waals surface area contributed by atoms with Crippen LogP contribution in [0.1, 0.15) is 50.0 Å². The summed E-state index contributed by atoms with van der Waals surface area (Å²) in [5.41, 5.74) is 1.48. The Balaban J connectivity index is 1.41. The highest BCUT2D eigenvalue weighted by Gasteiger charge is 2.28. The summed E-state index contributed by atoms with van der Waals surface area (Å²) in [6.45, 7) is 1.82. The third-order valence-corrected chi connectivity index (χ3v) is 6.16. The summed E-state index contributed by atoms with van der Waals surface area (Å²) < 4.78 is 17.6. The van der Waals surface area contributed by atoms with Crippen LogP contribution in [0.3, 0.4) is 0 Å². The second-order valence-corrected chi connectivity index (χ2v) is 8.88. The summed E-state index contributed by atoms with van der Waals surface area (Å²) in [7, 11) is 0. The molecule has 140 valence electrons. The quantitative estimate of drug-likeness (QED) is 0.731. The lowest BCUT2D eigenvalue weighted by molar-refractivity contribution is 0.00412. The van der Waals surface area contributed by atoms with E-state index in [0.717, 1.165) is 32.4 Å². The van der Waals surface area contributed by atoms with Crippen molar-refractivity contribution in [3.63, 3.8) is 0 Å². The van der Waals surface area contributed by atoms with Crippen molar-refractivity contribution in [3.8, 4) is 0 Å². The summed E-state index contributed by atoms with van der Waals surface area (Å²) in [5, 5.41) is 7.03. The van der Waals surface area contributed by atoms with Gasteiger partial charge in [0.25, 0.3) is 0 Å². The molecule has 0 amide bonds. The molecule has 1 aromatic carbocycles. The van der Waals surface area contributed by atoms with Crippen molar-refractivity contribution in [1.82, 2.24) is 10.6 Å². The fourth-order valence-corrected chi connectivity index (χ4v) is 4.57. The molecule has 3 atom stereocenters. The smallest absolute Gasteiger partial charge is 0.157 e. The molecule has 2 aliphatic rings. The average molecular weight is 365 g/mol. The minimum Gasteiger partial charge on any atom is -0.616 e. The highest BCUT2D eigenvalue weighted by atomic mass is 32.2. The lowest BCUT2D eigenvalue weighted by atomic mass is 9.83. The van der Waals surface area contributed by atoms with Crippen molar-refractivity contribution in [2.24, 2.45) is 0 Å². The van der Waals surface area contributed by atoms with Gasteiger partial charge in [0.05, 0.1) is 19.0 Å². The molecule has 2 fully saturated rings. The van der Waals surface area contributed by atoms with Gasteiger partial charge in [0.15, 0.2) is 5.88 Å². The van der Waals surface area contributed by atoms with Crippen LogP contribution in [0.4, 0.5) is 0 Å². The molecule has 1 saturated carbocycles. The van der Waals surface area contributed by atoms with E-state index in [4.69, 9.17) is 4.74 Å². The van der Waals surface area contributed by atoms with Crippen molar-refractivity contribution >= 4 is 11.2 Å². The molecular weight excluding hydrogens is 332 g/mol. The Hall–Kier alpha value is -0.590. The molecule has 0 spiro atoms. The van der Waals surface area contributed by atoms with E-state index >= 15 is 0 Å². The Kier molecular flexibility index (Phi) is 7.62. The molecule has 4 nitrogen and oxygen atoms in total. The largest absolute Gasteiger partial charge is 0.616 e. The van der Waals surface area contributed by atoms with Gasteiger partial charge in [-0.25, -0.2) is 0 Å². The molecule has 0 bridgehead atoms. The minimum atomic E-state index is -0.792. The summed E-state index contributed by atoms with van der Waals surface area (Å²) in [4.78, 5) is 0. The molecule has 25 heavy (non-hydrogen) atoms. The van der Waals surface area contributed by atoms with Crippen molar-refractivity contribution < 1.29 is 9.29 Å². The first-order chi connectivity index (χ1) is 12.2. The maximum atomic E-state index is 11.3. The summed E-state index contributed by atoms with van der Waals surface area (Å²) in [6, 6.07) is 11.6. The number of benzene rings is 1. The lowest BCUT2D eigenvalue weighted by Gasteiger charge is -2.35. The summed E-state index contributed by atoms with van der Waals surface area (Å²) in [6.07, 6.45) is 9.22. The number of ether oxygens (including phenoxy) is 1. The van der Waals surface area contributed by atoms with E-state index in [1.165, 1.54) is 24.8 Å². The van der Waals surface area contributed by atoms with Crippen LogP contribution in [0.5, 0.6) is 0 Å².